The van der Waals surface area contributed by atoms with Crippen LogP contribution < -0.4 is 15.4 Å². The van der Waals surface area contributed by atoms with Gasteiger partial charge in [-0.1, -0.05) is 12.1 Å². The number of aliphatic hydroxyl groups is 1. The molecule has 1 amide bonds. The Bertz CT molecular complexity index is 690. The third-order valence-electron chi connectivity index (χ3n) is 4.46. The number of hydrogen-bond acceptors (Lipinski definition) is 6. The molecule has 3 atom stereocenters. The van der Waals surface area contributed by atoms with Gasteiger partial charge in [0.1, 0.15) is 18.0 Å². The number of aromatic nitrogens is 2. The molecule has 1 aliphatic heterocycles. The van der Waals surface area contributed by atoms with Gasteiger partial charge in [-0.3, -0.25) is 5.10 Å². The Labute approximate surface area is 151 Å². The molecule has 0 unspecified atom stereocenters. The van der Waals surface area contributed by atoms with Gasteiger partial charge in [0.25, 0.3) is 0 Å². The Morgan fingerprint density at radius 3 is 2.85 bits per heavy atom. The fraction of sp³-hybridized carbons (Fsp3) is 0.444. The van der Waals surface area contributed by atoms with E-state index in [0.717, 1.165) is 16.9 Å². The highest BCUT2D eigenvalue weighted by Gasteiger charge is 2.37. The van der Waals surface area contributed by atoms with E-state index in [1.165, 1.54) is 0 Å². The molecule has 26 heavy (non-hydrogen) atoms. The number of amides is 1. The molecular formula is C18H24N4O4. The van der Waals surface area contributed by atoms with Crippen molar-refractivity contribution in [2.24, 2.45) is 0 Å². The minimum Gasteiger partial charge on any atom is -0.497 e. The normalized spacial score (nSPS) is 22.2. The second-order valence-corrected chi connectivity index (χ2v) is 6.29. The Balaban J connectivity index is 1.50. The van der Waals surface area contributed by atoms with Gasteiger partial charge >= 0.3 is 6.09 Å². The number of alkyl carbamates (subject to hydrolysis) is 1. The number of hydrogen-bond donors (Lipinski definition) is 4. The molecule has 3 rings (SSSR count). The van der Waals surface area contributed by atoms with E-state index in [2.05, 4.69) is 20.8 Å². The van der Waals surface area contributed by atoms with Gasteiger partial charge in [0, 0.05) is 19.3 Å². The Kier molecular flexibility index (Phi) is 6.08. The number of ether oxygens (including phenoxy) is 2. The summed E-state index contributed by atoms with van der Waals surface area (Å²) in [4.78, 5) is 12.0. The molecule has 1 aromatic heterocycles. The van der Waals surface area contributed by atoms with Crippen LogP contribution in [0.1, 0.15) is 11.1 Å². The summed E-state index contributed by atoms with van der Waals surface area (Å²) in [7, 11) is 1.62. The molecule has 8 nitrogen and oxygen atoms in total. The third kappa shape index (κ3) is 4.74. The number of carbonyl (C=O) groups is 1. The van der Waals surface area contributed by atoms with Gasteiger partial charge in [-0.2, -0.15) is 5.10 Å². The van der Waals surface area contributed by atoms with Crippen LogP contribution in [0.15, 0.2) is 36.7 Å². The summed E-state index contributed by atoms with van der Waals surface area (Å²) in [6, 6.07) is 7.57. The van der Waals surface area contributed by atoms with Crippen molar-refractivity contribution in [3.63, 3.8) is 0 Å². The Morgan fingerprint density at radius 1 is 1.35 bits per heavy atom. The fourth-order valence-electron chi connectivity index (χ4n) is 3.03. The van der Waals surface area contributed by atoms with E-state index in [0.29, 0.717) is 25.9 Å². The van der Waals surface area contributed by atoms with Crippen LogP contribution in [0.5, 0.6) is 5.75 Å². The lowest BCUT2D eigenvalue weighted by Crippen LogP contribution is -2.41. The summed E-state index contributed by atoms with van der Waals surface area (Å²) in [5.74, 6) is 0.790. The van der Waals surface area contributed by atoms with Crippen LogP contribution in [-0.4, -0.2) is 59.8 Å². The van der Waals surface area contributed by atoms with Gasteiger partial charge < -0.3 is 25.2 Å². The quantitative estimate of drug-likeness (QED) is 0.577. The van der Waals surface area contributed by atoms with E-state index < -0.39 is 18.3 Å². The predicted octanol–water partition coefficient (Wildman–Crippen LogP) is 0.631. The first kappa shape index (κ1) is 18.2. The standard InChI is InChI=1S/C18H24N4O4/c1-25-14-4-2-12(3-5-14)8-15-17(16(23)11-20-15)26-18(24)19-7-6-13-9-21-22-10-13/h2-5,9-10,15-17,20,23H,6-8,11H2,1H3,(H,19,24)(H,21,22)/t15-,16+,17+/m1/s1. The van der Waals surface area contributed by atoms with E-state index in [4.69, 9.17) is 9.47 Å². The molecule has 0 radical (unpaired) electrons. The molecule has 1 saturated heterocycles. The number of H-pyrrole nitrogens is 1. The molecule has 0 bridgehead atoms. The number of aromatic amines is 1. The number of benzene rings is 1. The summed E-state index contributed by atoms with van der Waals surface area (Å²) in [5.41, 5.74) is 2.08. The lowest BCUT2D eigenvalue weighted by Gasteiger charge is -2.22. The topological polar surface area (TPSA) is 108 Å². The summed E-state index contributed by atoms with van der Waals surface area (Å²) in [6.45, 7) is 0.839. The molecule has 8 heteroatoms. The van der Waals surface area contributed by atoms with E-state index >= 15 is 0 Å². The number of nitrogens with one attached hydrogen (secondary N) is 3. The number of methoxy groups -OCH3 is 1. The maximum Gasteiger partial charge on any atom is 0.407 e. The minimum absolute atomic E-state index is 0.141. The first-order valence-corrected chi connectivity index (χ1v) is 8.62. The SMILES string of the molecule is COc1ccc(C[C@H]2NC[C@H](O)[C@H]2OC(=O)NCCc2cn[nH]c2)cc1. The number of carbonyl (C=O) groups excluding carboxylic acids is 1. The van der Waals surface area contributed by atoms with Gasteiger partial charge in [0.05, 0.1) is 19.3 Å². The molecule has 1 aromatic carbocycles. The highest BCUT2D eigenvalue weighted by molar-refractivity contribution is 5.67. The highest BCUT2D eigenvalue weighted by atomic mass is 16.6. The summed E-state index contributed by atoms with van der Waals surface area (Å²) in [5, 5.41) is 22.7. The Morgan fingerprint density at radius 2 is 2.15 bits per heavy atom. The predicted molar refractivity (Wildman–Crippen MR) is 95.1 cm³/mol. The molecule has 0 saturated carbocycles. The van der Waals surface area contributed by atoms with Crippen molar-refractivity contribution in [1.29, 1.82) is 0 Å². The van der Waals surface area contributed by atoms with E-state index in [9.17, 15) is 9.90 Å². The molecule has 4 N–H and O–H groups in total. The minimum atomic E-state index is -0.724. The first-order chi connectivity index (χ1) is 12.7. The molecule has 0 spiro atoms. The molecule has 140 valence electrons. The summed E-state index contributed by atoms with van der Waals surface area (Å²) >= 11 is 0. The van der Waals surface area contributed by atoms with Crippen LogP contribution in [0.25, 0.3) is 0 Å². The first-order valence-electron chi connectivity index (χ1n) is 8.62. The van der Waals surface area contributed by atoms with Gasteiger partial charge in [-0.15, -0.1) is 0 Å². The molecule has 1 fully saturated rings. The largest absolute Gasteiger partial charge is 0.497 e. The third-order valence-corrected chi connectivity index (χ3v) is 4.46. The van der Waals surface area contributed by atoms with Crippen LogP contribution in [0.3, 0.4) is 0 Å². The zero-order chi connectivity index (χ0) is 18.4. The molecule has 2 heterocycles. The molecule has 2 aromatic rings. The molecule has 1 aliphatic rings. The summed E-state index contributed by atoms with van der Waals surface area (Å²) < 4.78 is 10.6. The zero-order valence-corrected chi connectivity index (χ0v) is 14.6. The number of β-amino-alcohol motifs (C(OH)–C–C–N with tert-alkyl or cyclic N) is 1. The fourth-order valence-corrected chi connectivity index (χ4v) is 3.03. The van der Waals surface area contributed by atoms with Crippen LogP contribution >= 0.6 is 0 Å². The smallest absolute Gasteiger partial charge is 0.407 e. The highest BCUT2D eigenvalue weighted by Crippen LogP contribution is 2.19. The number of aliphatic hydroxyl groups excluding tert-OH is 1. The second kappa shape index (κ2) is 8.68. The van der Waals surface area contributed by atoms with Crippen molar-refractivity contribution in [2.75, 3.05) is 20.2 Å². The van der Waals surface area contributed by atoms with Crippen LogP contribution in [0, 0.1) is 0 Å². The average Bonchev–Trinajstić information content (AvgIpc) is 3.28. The van der Waals surface area contributed by atoms with Crippen LogP contribution in [-0.2, 0) is 17.6 Å². The van der Waals surface area contributed by atoms with Crippen molar-refractivity contribution in [1.82, 2.24) is 20.8 Å². The maximum absolute atomic E-state index is 12.0. The van der Waals surface area contributed by atoms with E-state index in [-0.39, 0.29) is 6.04 Å². The van der Waals surface area contributed by atoms with Gasteiger partial charge in [-0.25, -0.2) is 4.79 Å². The van der Waals surface area contributed by atoms with Gasteiger partial charge in [0.15, 0.2) is 0 Å². The lowest BCUT2D eigenvalue weighted by atomic mass is 10.0. The molecular weight excluding hydrogens is 336 g/mol. The summed E-state index contributed by atoms with van der Waals surface area (Å²) in [6.07, 6.45) is 2.95. The molecule has 0 aliphatic carbocycles. The van der Waals surface area contributed by atoms with E-state index in [1.54, 1.807) is 19.5 Å². The van der Waals surface area contributed by atoms with Crippen molar-refractivity contribution in [3.8, 4) is 5.75 Å². The maximum atomic E-state index is 12.0. The average molecular weight is 360 g/mol. The number of nitrogens with zero attached hydrogens (tertiary/aromatic N) is 1. The number of rotatable bonds is 7. The van der Waals surface area contributed by atoms with Crippen molar-refractivity contribution in [2.45, 2.75) is 31.1 Å². The van der Waals surface area contributed by atoms with Gasteiger partial charge in [-0.05, 0) is 36.1 Å². The van der Waals surface area contributed by atoms with Crippen LogP contribution in [0.4, 0.5) is 4.79 Å². The van der Waals surface area contributed by atoms with E-state index in [1.807, 2.05) is 24.3 Å². The second-order valence-electron chi connectivity index (χ2n) is 6.29. The monoisotopic (exact) mass is 360 g/mol. The Hall–Kier alpha value is -2.58. The van der Waals surface area contributed by atoms with Gasteiger partial charge in [0.2, 0.25) is 0 Å². The van der Waals surface area contributed by atoms with Crippen molar-refractivity contribution < 1.29 is 19.4 Å². The van der Waals surface area contributed by atoms with Crippen LogP contribution in [0.2, 0.25) is 0 Å². The van der Waals surface area contributed by atoms with Crippen molar-refractivity contribution >= 4 is 6.09 Å². The van der Waals surface area contributed by atoms with Crippen molar-refractivity contribution in [3.05, 3.63) is 47.8 Å². The lowest BCUT2D eigenvalue weighted by molar-refractivity contribution is 0.0191. The zero-order valence-electron chi connectivity index (χ0n) is 14.6.